The minimum atomic E-state index is -0.120. The Morgan fingerprint density at radius 1 is 1.00 bits per heavy atom. The summed E-state index contributed by atoms with van der Waals surface area (Å²) in [6.45, 7) is 0.553. The van der Waals surface area contributed by atoms with Crippen LogP contribution in [-0.4, -0.2) is 25.9 Å². The molecule has 4 atom stereocenters. The number of hydrogen-bond acceptors (Lipinski definition) is 4. The lowest BCUT2D eigenvalue weighted by molar-refractivity contribution is -0.140. The van der Waals surface area contributed by atoms with Gasteiger partial charge in [-0.1, -0.05) is 54.6 Å². The van der Waals surface area contributed by atoms with Crippen molar-refractivity contribution in [1.29, 1.82) is 0 Å². The lowest BCUT2D eigenvalue weighted by Gasteiger charge is -2.31. The number of allylic oxidation sites excluding steroid dienone is 2. The lowest BCUT2D eigenvalue weighted by Crippen LogP contribution is -2.42. The SMILES string of the molecule is COC(=O)CCCC=CC[C@@H]1[C@H]2CC[C@H](C2)[C@H]1NCOc1ccc(-c2ccccc2)cc1. The molecular formula is C28H35NO3. The number of ether oxygens (including phenoxy) is 2. The number of esters is 1. The van der Waals surface area contributed by atoms with Gasteiger partial charge in [-0.15, -0.1) is 0 Å². The van der Waals surface area contributed by atoms with Gasteiger partial charge in [0.1, 0.15) is 12.5 Å². The maximum atomic E-state index is 11.2. The molecule has 0 spiro atoms. The van der Waals surface area contributed by atoms with Crippen LogP contribution in [0, 0.1) is 17.8 Å². The number of methoxy groups -OCH3 is 1. The van der Waals surface area contributed by atoms with Crippen molar-refractivity contribution in [2.75, 3.05) is 13.8 Å². The maximum Gasteiger partial charge on any atom is 0.305 e. The highest BCUT2D eigenvalue weighted by Crippen LogP contribution is 2.49. The van der Waals surface area contributed by atoms with E-state index in [-0.39, 0.29) is 5.97 Å². The smallest absolute Gasteiger partial charge is 0.305 e. The Hall–Kier alpha value is -2.59. The van der Waals surface area contributed by atoms with Crippen LogP contribution in [0.15, 0.2) is 66.7 Å². The second kappa shape index (κ2) is 11.3. The van der Waals surface area contributed by atoms with Gasteiger partial charge in [-0.2, -0.15) is 0 Å². The van der Waals surface area contributed by atoms with Crippen LogP contribution in [0.1, 0.15) is 44.9 Å². The summed E-state index contributed by atoms with van der Waals surface area (Å²) in [5.41, 5.74) is 2.43. The van der Waals surface area contributed by atoms with Gasteiger partial charge in [-0.3, -0.25) is 10.1 Å². The first-order valence-electron chi connectivity index (χ1n) is 12.0. The fourth-order valence-corrected chi connectivity index (χ4v) is 5.50. The molecule has 2 bridgehead atoms. The van der Waals surface area contributed by atoms with E-state index in [1.165, 1.54) is 37.5 Å². The number of carbonyl (C=O) groups excluding carboxylic acids is 1. The topological polar surface area (TPSA) is 47.6 Å². The summed E-state index contributed by atoms with van der Waals surface area (Å²) < 4.78 is 10.7. The van der Waals surface area contributed by atoms with Crippen LogP contribution in [-0.2, 0) is 9.53 Å². The minimum Gasteiger partial charge on any atom is -0.478 e. The van der Waals surface area contributed by atoms with E-state index in [1.54, 1.807) is 0 Å². The minimum absolute atomic E-state index is 0.120. The van der Waals surface area contributed by atoms with Crippen LogP contribution < -0.4 is 10.1 Å². The van der Waals surface area contributed by atoms with E-state index in [9.17, 15) is 4.79 Å². The molecular weight excluding hydrogens is 398 g/mol. The Morgan fingerprint density at radius 2 is 1.75 bits per heavy atom. The van der Waals surface area contributed by atoms with E-state index in [4.69, 9.17) is 9.47 Å². The zero-order valence-corrected chi connectivity index (χ0v) is 19.0. The third-order valence-corrected chi connectivity index (χ3v) is 7.16. The number of rotatable bonds is 11. The van der Waals surface area contributed by atoms with Crippen molar-refractivity contribution in [3.8, 4) is 16.9 Å². The standard InChI is InChI=1S/C28H35NO3/c1-31-27(30)12-8-3-2-7-11-26-23-13-14-24(19-23)28(26)29-20-32-25-17-15-22(16-18-25)21-9-5-4-6-10-21/h2,4-7,9-10,15-18,23-24,26,28-29H,3,8,11-14,19-20H2,1H3/t23-,24+,26+,28+/m0/s1. The summed E-state index contributed by atoms with van der Waals surface area (Å²) >= 11 is 0. The molecule has 2 fully saturated rings. The quantitative estimate of drug-likeness (QED) is 0.205. The first-order chi connectivity index (χ1) is 15.7. The Balaban J connectivity index is 1.23. The molecule has 0 unspecified atom stereocenters. The van der Waals surface area contributed by atoms with E-state index in [0.29, 0.717) is 25.1 Å². The van der Waals surface area contributed by atoms with Crippen LogP contribution in [0.2, 0.25) is 0 Å². The molecule has 0 aromatic heterocycles. The normalized spacial score (nSPS) is 24.2. The van der Waals surface area contributed by atoms with Gasteiger partial charge in [0.25, 0.3) is 0 Å². The highest BCUT2D eigenvalue weighted by Gasteiger charge is 2.46. The molecule has 4 heteroatoms. The van der Waals surface area contributed by atoms with E-state index in [0.717, 1.165) is 36.8 Å². The van der Waals surface area contributed by atoms with Gasteiger partial charge in [0.2, 0.25) is 0 Å². The summed E-state index contributed by atoms with van der Waals surface area (Å²) in [5, 5.41) is 3.72. The third-order valence-electron chi connectivity index (χ3n) is 7.16. The second-order valence-electron chi connectivity index (χ2n) is 9.08. The molecule has 4 rings (SSSR count). The largest absolute Gasteiger partial charge is 0.478 e. The zero-order valence-electron chi connectivity index (χ0n) is 19.0. The zero-order chi connectivity index (χ0) is 22.2. The summed E-state index contributed by atoms with van der Waals surface area (Å²) in [4.78, 5) is 11.2. The molecule has 2 aliphatic carbocycles. The van der Waals surface area contributed by atoms with Gasteiger partial charge in [0, 0.05) is 12.5 Å². The molecule has 2 aromatic rings. The highest BCUT2D eigenvalue weighted by molar-refractivity contribution is 5.69. The predicted molar refractivity (Wildman–Crippen MR) is 128 cm³/mol. The van der Waals surface area contributed by atoms with E-state index >= 15 is 0 Å². The molecule has 170 valence electrons. The average molecular weight is 434 g/mol. The number of fused-ring (bicyclic) bond motifs is 2. The van der Waals surface area contributed by atoms with Crippen molar-refractivity contribution in [2.24, 2.45) is 17.8 Å². The van der Waals surface area contributed by atoms with Crippen molar-refractivity contribution in [1.82, 2.24) is 5.32 Å². The van der Waals surface area contributed by atoms with Crippen LogP contribution >= 0.6 is 0 Å². The monoisotopic (exact) mass is 433 g/mol. The number of hydrogen-bond donors (Lipinski definition) is 1. The van der Waals surface area contributed by atoms with Crippen molar-refractivity contribution in [3.63, 3.8) is 0 Å². The van der Waals surface area contributed by atoms with Crippen molar-refractivity contribution in [3.05, 3.63) is 66.7 Å². The fourth-order valence-electron chi connectivity index (χ4n) is 5.50. The third kappa shape index (κ3) is 5.80. The Kier molecular flexibility index (Phi) is 8.00. The van der Waals surface area contributed by atoms with Crippen LogP contribution in [0.3, 0.4) is 0 Å². The van der Waals surface area contributed by atoms with Crippen LogP contribution in [0.25, 0.3) is 11.1 Å². The van der Waals surface area contributed by atoms with Gasteiger partial charge >= 0.3 is 5.97 Å². The first-order valence-corrected chi connectivity index (χ1v) is 12.0. The van der Waals surface area contributed by atoms with Gasteiger partial charge in [-0.25, -0.2) is 0 Å². The van der Waals surface area contributed by atoms with Gasteiger partial charge in [0.15, 0.2) is 0 Å². The summed E-state index contributed by atoms with van der Waals surface area (Å²) in [7, 11) is 1.45. The number of carbonyl (C=O) groups is 1. The molecule has 0 aliphatic heterocycles. The Bertz CT molecular complexity index is 877. The fraction of sp³-hybridized carbons (Fsp3) is 0.464. The van der Waals surface area contributed by atoms with Gasteiger partial charge in [-0.05, 0) is 79.5 Å². The summed E-state index contributed by atoms with van der Waals surface area (Å²) in [5.74, 6) is 3.09. The Morgan fingerprint density at radius 3 is 2.53 bits per heavy atom. The van der Waals surface area contributed by atoms with Crippen molar-refractivity contribution < 1.29 is 14.3 Å². The molecule has 0 amide bonds. The van der Waals surface area contributed by atoms with Crippen LogP contribution in [0.5, 0.6) is 5.75 Å². The van der Waals surface area contributed by atoms with Crippen LogP contribution in [0.4, 0.5) is 0 Å². The number of unbranched alkanes of at least 4 members (excludes halogenated alkanes) is 1. The molecule has 0 heterocycles. The maximum absolute atomic E-state index is 11.2. The second-order valence-corrected chi connectivity index (χ2v) is 9.08. The molecule has 4 nitrogen and oxygen atoms in total. The highest BCUT2D eigenvalue weighted by atomic mass is 16.5. The van der Waals surface area contributed by atoms with Gasteiger partial charge in [0.05, 0.1) is 7.11 Å². The van der Waals surface area contributed by atoms with Crippen molar-refractivity contribution in [2.45, 2.75) is 51.0 Å². The van der Waals surface area contributed by atoms with Crippen molar-refractivity contribution >= 4 is 5.97 Å². The van der Waals surface area contributed by atoms with E-state index in [2.05, 4.69) is 66.0 Å². The molecule has 0 radical (unpaired) electrons. The Labute approximate surface area is 192 Å². The first kappa shape index (κ1) is 22.6. The average Bonchev–Trinajstić information content (AvgIpc) is 3.44. The van der Waals surface area contributed by atoms with Gasteiger partial charge < -0.3 is 9.47 Å². The molecule has 0 saturated heterocycles. The summed E-state index contributed by atoms with van der Waals surface area (Å²) in [6.07, 6.45) is 12.0. The molecule has 2 aliphatic rings. The predicted octanol–water partition coefficient (Wildman–Crippen LogP) is 5.98. The molecule has 1 N–H and O–H groups in total. The number of benzene rings is 2. The van der Waals surface area contributed by atoms with E-state index < -0.39 is 0 Å². The van der Waals surface area contributed by atoms with E-state index in [1.807, 2.05) is 6.07 Å². The molecule has 2 aromatic carbocycles. The molecule has 2 saturated carbocycles. The summed E-state index contributed by atoms with van der Waals surface area (Å²) in [6, 6.07) is 19.3. The number of nitrogens with one attached hydrogen (secondary N) is 1. The lowest BCUT2D eigenvalue weighted by atomic mass is 9.82. The molecule has 32 heavy (non-hydrogen) atoms.